The van der Waals surface area contributed by atoms with Crippen LogP contribution in [0.5, 0.6) is 5.75 Å². The number of fused-ring (bicyclic) bond motifs is 1. The number of pyridine rings is 1. The molecule has 0 saturated heterocycles. The molecule has 0 radical (unpaired) electrons. The summed E-state index contributed by atoms with van der Waals surface area (Å²) >= 11 is 0. The van der Waals surface area contributed by atoms with Crippen molar-refractivity contribution in [2.24, 2.45) is 5.73 Å². The Morgan fingerprint density at radius 1 is 0.492 bits per heavy atom. The quantitative estimate of drug-likeness (QED) is 0.0747. The third-order valence-electron chi connectivity index (χ3n) is 11.9. The number of phenols is 1. The molecule has 336 valence electrons. The third kappa shape index (κ3) is 12.2. The highest BCUT2D eigenvalue weighted by molar-refractivity contribution is 5.92. The lowest BCUT2D eigenvalue weighted by Gasteiger charge is -2.37. The molecule has 0 aliphatic rings. The van der Waals surface area contributed by atoms with Crippen molar-refractivity contribution >= 4 is 40.4 Å². The summed E-state index contributed by atoms with van der Waals surface area (Å²) in [5, 5.41) is 14.3. The molecular formula is C52H57N7O6. The molecule has 1 aromatic heterocycles. The van der Waals surface area contributed by atoms with Crippen LogP contribution < -0.4 is 11.1 Å². The molecule has 13 nitrogen and oxygen atoms in total. The number of aromatic hydroxyl groups is 1. The van der Waals surface area contributed by atoms with Crippen LogP contribution >= 0.6 is 0 Å². The Morgan fingerprint density at radius 3 is 1.25 bits per heavy atom. The highest BCUT2D eigenvalue weighted by Crippen LogP contribution is 2.28. The number of phenolic OH excluding ortho intramolecular Hbond substituents is 1. The van der Waals surface area contributed by atoms with E-state index in [4.69, 9.17) is 5.73 Å². The molecule has 13 heteroatoms. The van der Waals surface area contributed by atoms with Gasteiger partial charge in [-0.15, -0.1) is 0 Å². The van der Waals surface area contributed by atoms with E-state index in [2.05, 4.69) is 10.3 Å². The van der Waals surface area contributed by atoms with Crippen molar-refractivity contribution in [2.45, 2.75) is 58.4 Å². The van der Waals surface area contributed by atoms with E-state index in [9.17, 15) is 29.1 Å². The highest BCUT2D eigenvalue weighted by Gasteiger charge is 2.34. The van der Waals surface area contributed by atoms with E-state index < -0.39 is 60.9 Å². The van der Waals surface area contributed by atoms with Crippen LogP contribution in [0.3, 0.4) is 0 Å². The first-order valence-corrected chi connectivity index (χ1v) is 21.8. The first-order chi connectivity index (χ1) is 31.3. The number of aromatic nitrogens is 1. The third-order valence-corrected chi connectivity index (χ3v) is 11.9. The Morgan fingerprint density at radius 2 is 0.862 bits per heavy atom. The monoisotopic (exact) mass is 875 g/mol. The summed E-state index contributed by atoms with van der Waals surface area (Å²) in [6.45, 7) is 5.82. The van der Waals surface area contributed by atoms with Crippen LogP contribution in [-0.4, -0.2) is 91.9 Å². The molecule has 0 spiro atoms. The van der Waals surface area contributed by atoms with Crippen LogP contribution in [0.25, 0.3) is 10.9 Å². The number of nitrogens with one attached hydrogen (secondary N) is 1. The van der Waals surface area contributed by atoms with Gasteiger partial charge >= 0.3 is 0 Å². The Labute approximate surface area is 380 Å². The normalized spacial score (nSPS) is 12.9. The molecule has 6 rings (SSSR count). The molecule has 0 aliphatic carbocycles. The smallest absolute Gasteiger partial charge is 0.243 e. The number of benzene rings is 5. The average molecular weight is 876 g/mol. The molecule has 65 heavy (non-hydrogen) atoms. The second kappa shape index (κ2) is 22.3. The maximum Gasteiger partial charge on any atom is 0.243 e. The first-order valence-electron chi connectivity index (χ1n) is 21.8. The zero-order valence-electron chi connectivity index (χ0n) is 37.3. The molecule has 1 heterocycles. The van der Waals surface area contributed by atoms with Gasteiger partial charge in [-0.2, -0.15) is 0 Å². The summed E-state index contributed by atoms with van der Waals surface area (Å²) in [6, 6.07) is 43.7. The summed E-state index contributed by atoms with van der Waals surface area (Å²) in [6.07, 6.45) is 0. The molecule has 4 atom stereocenters. The van der Waals surface area contributed by atoms with Crippen LogP contribution in [0.4, 0.5) is 0 Å². The minimum absolute atomic E-state index is 0.0570. The molecule has 0 aliphatic heterocycles. The van der Waals surface area contributed by atoms with Gasteiger partial charge in [-0.3, -0.25) is 24.0 Å². The van der Waals surface area contributed by atoms with Gasteiger partial charge in [0.2, 0.25) is 29.5 Å². The van der Waals surface area contributed by atoms with Gasteiger partial charge in [0.05, 0.1) is 43.0 Å². The molecule has 0 unspecified atom stereocenters. The van der Waals surface area contributed by atoms with Gasteiger partial charge in [-0.25, -0.2) is 4.98 Å². The molecule has 4 N–H and O–H groups in total. The van der Waals surface area contributed by atoms with Crippen molar-refractivity contribution < 1.29 is 29.1 Å². The second-order valence-corrected chi connectivity index (χ2v) is 16.2. The van der Waals surface area contributed by atoms with E-state index in [1.807, 2.05) is 160 Å². The number of hydrogen-bond donors (Lipinski definition) is 3. The van der Waals surface area contributed by atoms with Gasteiger partial charge in [-0.05, 0) is 62.1 Å². The number of carbonyl (C=O) groups is 5. The lowest BCUT2D eigenvalue weighted by molar-refractivity contribution is -0.150. The highest BCUT2D eigenvalue weighted by atomic mass is 16.3. The number of rotatable bonds is 20. The number of hydrogen-bond acceptors (Lipinski definition) is 8. The lowest BCUT2D eigenvalue weighted by atomic mass is 10.0. The number of para-hydroxylation sites is 1. The fourth-order valence-electron chi connectivity index (χ4n) is 7.96. The standard InChI is InChI=1S/C52H57N7O6/c1-36(40-18-9-5-10-19-40)56(32-47(53)61)49(63)34-58(38(3)42-22-13-7-14-23-42)51(65)35-59(39(4)43-24-15-8-16-25-43)50(64)33-57(37(2)41-20-11-6-12-21-41)48(62)31-54-30-45-29-28-44-26-17-27-46(60)52(44)55-45/h5-29,36-39,54,60H,30-35H2,1-4H3,(H2,53,61)/t36-,37-,38-,39-/m0/s1. The predicted octanol–water partition coefficient (Wildman–Crippen LogP) is 6.87. The maximum atomic E-state index is 14.9. The van der Waals surface area contributed by atoms with Gasteiger partial charge < -0.3 is 35.8 Å². The number of amides is 5. The van der Waals surface area contributed by atoms with Gasteiger partial charge in [0.1, 0.15) is 30.9 Å². The van der Waals surface area contributed by atoms with E-state index >= 15 is 0 Å². The lowest BCUT2D eigenvalue weighted by Crippen LogP contribution is -2.52. The SMILES string of the molecule is C[C@@H](c1ccccc1)N(CC(N)=O)C(=O)CN(C(=O)CN(C(=O)CN(C(=O)CNCc1ccc2cccc(O)c2n1)[C@@H](C)c1ccccc1)[C@@H](C)c1ccccc1)[C@@H](C)c1ccccc1. The Balaban J connectivity index is 1.29. The van der Waals surface area contributed by atoms with Gasteiger partial charge in [-0.1, -0.05) is 140 Å². The van der Waals surface area contributed by atoms with Crippen molar-refractivity contribution in [3.63, 3.8) is 0 Å². The van der Waals surface area contributed by atoms with Crippen molar-refractivity contribution in [2.75, 3.05) is 32.7 Å². The van der Waals surface area contributed by atoms with Crippen molar-refractivity contribution in [3.05, 3.63) is 180 Å². The van der Waals surface area contributed by atoms with E-state index in [0.29, 0.717) is 11.2 Å². The molecule has 5 aromatic carbocycles. The van der Waals surface area contributed by atoms with E-state index in [0.717, 1.165) is 27.6 Å². The average Bonchev–Trinajstić information content (AvgIpc) is 3.33. The second-order valence-electron chi connectivity index (χ2n) is 16.2. The topological polar surface area (TPSA) is 169 Å². The summed E-state index contributed by atoms with van der Waals surface area (Å²) < 4.78 is 0. The minimum atomic E-state index is -0.701. The first kappa shape index (κ1) is 47.1. The van der Waals surface area contributed by atoms with E-state index in [1.54, 1.807) is 19.1 Å². The summed E-state index contributed by atoms with van der Waals surface area (Å²) in [5.74, 6) is -2.49. The molecule has 6 aromatic rings. The van der Waals surface area contributed by atoms with Gasteiger partial charge in [0, 0.05) is 11.9 Å². The Hall–Kier alpha value is -7.38. The fraction of sp³-hybridized carbons (Fsp3) is 0.269. The van der Waals surface area contributed by atoms with Crippen molar-refractivity contribution in [3.8, 4) is 5.75 Å². The number of nitrogens with zero attached hydrogens (tertiary/aromatic N) is 5. The zero-order valence-corrected chi connectivity index (χ0v) is 37.3. The zero-order chi connectivity index (χ0) is 46.5. The van der Waals surface area contributed by atoms with E-state index in [1.165, 1.54) is 19.6 Å². The van der Waals surface area contributed by atoms with Crippen molar-refractivity contribution in [1.82, 2.24) is 29.9 Å². The van der Waals surface area contributed by atoms with Gasteiger partial charge in [0.25, 0.3) is 0 Å². The van der Waals surface area contributed by atoms with Crippen molar-refractivity contribution in [1.29, 1.82) is 0 Å². The van der Waals surface area contributed by atoms with Crippen LogP contribution in [0.2, 0.25) is 0 Å². The summed E-state index contributed by atoms with van der Waals surface area (Å²) in [5.41, 5.74) is 9.87. The molecule has 0 saturated carbocycles. The van der Waals surface area contributed by atoms with Crippen LogP contribution in [-0.2, 0) is 30.5 Å². The molecular weight excluding hydrogens is 819 g/mol. The molecule has 0 fully saturated rings. The maximum absolute atomic E-state index is 14.9. The summed E-state index contributed by atoms with van der Waals surface area (Å²) in [4.78, 5) is 81.2. The van der Waals surface area contributed by atoms with Crippen LogP contribution in [0, 0.1) is 0 Å². The largest absolute Gasteiger partial charge is 0.506 e. The number of primary amides is 1. The molecule has 5 amide bonds. The fourth-order valence-corrected chi connectivity index (χ4v) is 7.96. The Bertz CT molecular complexity index is 2550. The predicted molar refractivity (Wildman–Crippen MR) is 251 cm³/mol. The summed E-state index contributed by atoms with van der Waals surface area (Å²) in [7, 11) is 0. The Kier molecular flexibility index (Phi) is 16.2. The van der Waals surface area contributed by atoms with Crippen LogP contribution in [0.1, 0.15) is 79.8 Å². The van der Waals surface area contributed by atoms with E-state index in [-0.39, 0.29) is 37.8 Å². The van der Waals surface area contributed by atoms with Crippen LogP contribution in [0.15, 0.2) is 152 Å². The number of nitrogens with two attached hydrogens (primary N) is 1. The molecule has 0 bridgehead atoms. The minimum Gasteiger partial charge on any atom is -0.506 e. The number of carbonyl (C=O) groups excluding carboxylic acids is 5. The van der Waals surface area contributed by atoms with Gasteiger partial charge in [0.15, 0.2) is 0 Å².